The number of halogens is 1. The van der Waals surface area contributed by atoms with Crippen LogP contribution in [0.5, 0.6) is 0 Å². The first-order valence-electron chi connectivity index (χ1n) is 9.98. The minimum Gasteiger partial charge on any atom is -0.354 e. The van der Waals surface area contributed by atoms with E-state index in [0.29, 0.717) is 24.3 Å². The Morgan fingerprint density at radius 2 is 2.07 bits per heavy atom. The normalized spacial score (nSPS) is 16.6. The molecule has 1 aliphatic heterocycles. The maximum Gasteiger partial charge on any atom is 0.191 e. The Kier molecular flexibility index (Phi) is 6.67. The van der Waals surface area contributed by atoms with E-state index in [-0.39, 0.29) is 5.82 Å². The first-order valence-corrected chi connectivity index (χ1v) is 9.98. The van der Waals surface area contributed by atoms with Crippen LogP contribution in [0.1, 0.15) is 38.1 Å². The Hall–Kier alpha value is -2.41. The molecule has 28 heavy (non-hydrogen) atoms. The van der Waals surface area contributed by atoms with Gasteiger partial charge in [-0.15, -0.1) is 0 Å². The fourth-order valence-electron chi connectivity index (χ4n) is 3.62. The summed E-state index contributed by atoms with van der Waals surface area (Å²) in [7, 11) is 1.77. The van der Waals surface area contributed by atoms with Crippen LogP contribution in [0.4, 0.5) is 4.39 Å². The number of rotatable bonds is 5. The number of nitrogens with one attached hydrogen (secondary N) is 2. The Morgan fingerprint density at radius 3 is 2.64 bits per heavy atom. The second kappa shape index (κ2) is 9.19. The van der Waals surface area contributed by atoms with Crippen LogP contribution in [0.3, 0.4) is 0 Å². The molecule has 1 aromatic heterocycles. The van der Waals surface area contributed by atoms with Crippen LogP contribution >= 0.6 is 0 Å². The van der Waals surface area contributed by atoms with E-state index in [1.54, 1.807) is 36.1 Å². The van der Waals surface area contributed by atoms with Gasteiger partial charge in [-0.25, -0.2) is 9.37 Å². The Bertz CT molecular complexity index is 805. The standard InChI is InChI=1S/C21H31FN6/c1-15(2)27-10-7-18(8-11-27)26-21(23-4)25-14-17-5-6-20(19(22)13-17)28-12-9-24-16(28)3/h5-6,9,12-13,15,18H,7-8,10-11,14H2,1-4H3,(H2,23,25,26). The van der Waals surface area contributed by atoms with Gasteiger partial charge in [0.25, 0.3) is 0 Å². The molecule has 1 aliphatic rings. The lowest BCUT2D eigenvalue weighted by molar-refractivity contribution is 0.167. The van der Waals surface area contributed by atoms with Gasteiger partial charge in [-0.2, -0.15) is 0 Å². The van der Waals surface area contributed by atoms with Crippen LogP contribution in [0.15, 0.2) is 35.6 Å². The van der Waals surface area contributed by atoms with Crippen molar-refractivity contribution < 1.29 is 4.39 Å². The highest BCUT2D eigenvalue weighted by Gasteiger charge is 2.21. The predicted octanol–water partition coefficient (Wildman–Crippen LogP) is 2.86. The van der Waals surface area contributed by atoms with Crippen molar-refractivity contribution in [3.05, 3.63) is 47.8 Å². The molecule has 0 amide bonds. The van der Waals surface area contributed by atoms with E-state index < -0.39 is 0 Å². The number of imidazole rings is 1. The zero-order valence-electron chi connectivity index (χ0n) is 17.2. The first kappa shape index (κ1) is 20.3. The molecule has 1 saturated heterocycles. The first-order chi connectivity index (χ1) is 13.5. The van der Waals surface area contributed by atoms with Gasteiger partial charge in [0.05, 0.1) is 5.69 Å². The molecule has 0 radical (unpaired) electrons. The monoisotopic (exact) mass is 386 g/mol. The molecule has 1 aromatic carbocycles. The molecule has 0 saturated carbocycles. The Morgan fingerprint density at radius 1 is 1.32 bits per heavy atom. The van der Waals surface area contributed by atoms with Crippen LogP contribution in [-0.4, -0.2) is 52.6 Å². The average molecular weight is 387 g/mol. The number of piperidine rings is 1. The van der Waals surface area contributed by atoms with Gasteiger partial charge in [0.15, 0.2) is 5.96 Å². The van der Waals surface area contributed by atoms with Gasteiger partial charge in [-0.05, 0) is 51.3 Å². The minimum atomic E-state index is -0.260. The van der Waals surface area contributed by atoms with Gasteiger partial charge >= 0.3 is 0 Å². The van der Waals surface area contributed by atoms with Crippen LogP contribution < -0.4 is 10.6 Å². The zero-order chi connectivity index (χ0) is 20.1. The third-order valence-corrected chi connectivity index (χ3v) is 5.38. The quantitative estimate of drug-likeness (QED) is 0.613. The number of likely N-dealkylation sites (tertiary alicyclic amines) is 1. The highest BCUT2D eigenvalue weighted by Crippen LogP contribution is 2.17. The molecular formula is C21H31FN6. The van der Waals surface area contributed by atoms with Crippen molar-refractivity contribution in [1.82, 2.24) is 25.1 Å². The summed E-state index contributed by atoms with van der Waals surface area (Å²) in [5.41, 5.74) is 1.38. The van der Waals surface area contributed by atoms with Crippen molar-refractivity contribution in [3.63, 3.8) is 0 Å². The maximum atomic E-state index is 14.5. The third-order valence-electron chi connectivity index (χ3n) is 5.38. The fourth-order valence-corrected chi connectivity index (χ4v) is 3.62. The predicted molar refractivity (Wildman–Crippen MR) is 111 cm³/mol. The van der Waals surface area contributed by atoms with E-state index in [1.807, 2.05) is 13.0 Å². The Balaban J connectivity index is 1.54. The summed E-state index contributed by atoms with van der Waals surface area (Å²) in [5.74, 6) is 1.26. The molecule has 6 nitrogen and oxygen atoms in total. The number of aliphatic imine (C=N–C) groups is 1. The summed E-state index contributed by atoms with van der Waals surface area (Å²) in [4.78, 5) is 11.0. The summed E-state index contributed by atoms with van der Waals surface area (Å²) in [6.07, 6.45) is 5.65. The minimum absolute atomic E-state index is 0.260. The highest BCUT2D eigenvalue weighted by atomic mass is 19.1. The van der Waals surface area contributed by atoms with Crippen LogP contribution in [0.25, 0.3) is 5.69 Å². The summed E-state index contributed by atoms with van der Waals surface area (Å²) < 4.78 is 16.3. The number of hydrogen-bond donors (Lipinski definition) is 2. The second-order valence-corrected chi connectivity index (χ2v) is 7.60. The second-order valence-electron chi connectivity index (χ2n) is 7.60. The molecule has 3 rings (SSSR count). The molecular weight excluding hydrogens is 355 g/mol. The maximum absolute atomic E-state index is 14.5. The summed E-state index contributed by atoms with van der Waals surface area (Å²) in [6.45, 7) is 9.07. The number of hydrogen-bond acceptors (Lipinski definition) is 3. The van der Waals surface area contributed by atoms with Crippen LogP contribution in [0, 0.1) is 12.7 Å². The van der Waals surface area contributed by atoms with E-state index in [0.717, 1.165) is 43.3 Å². The molecule has 7 heteroatoms. The lowest BCUT2D eigenvalue weighted by Crippen LogP contribution is -2.49. The average Bonchev–Trinajstić information content (AvgIpc) is 3.11. The van der Waals surface area contributed by atoms with Gasteiger partial charge in [-0.1, -0.05) is 6.07 Å². The van der Waals surface area contributed by atoms with Gasteiger partial charge in [0.2, 0.25) is 0 Å². The van der Waals surface area contributed by atoms with Gasteiger partial charge < -0.3 is 20.1 Å². The molecule has 0 spiro atoms. The lowest BCUT2D eigenvalue weighted by atomic mass is 10.0. The number of benzene rings is 1. The molecule has 0 unspecified atom stereocenters. The van der Waals surface area contributed by atoms with Crippen molar-refractivity contribution in [3.8, 4) is 5.69 Å². The number of nitrogens with zero attached hydrogens (tertiary/aromatic N) is 4. The van der Waals surface area contributed by atoms with E-state index in [4.69, 9.17) is 0 Å². The number of aromatic nitrogens is 2. The van der Waals surface area contributed by atoms with Crippen molar-refractivity contribution in [1.29, 1.82) is 0 Å². The van der Waals surface area contributed by atoms with Crippen molar-refractivity contribution >= 4 is 5.96 Å². The van der Waals surface area contributed by atoms with Crippen LogP contribution in [0.2, 0.25) is 0 Å². The molecule has 0 atom stereocenters. The molecule has 2 aromatic rings. The molecule has 2 N–H and O–H groups in total. The van der Waals surface area contributed by atoms with E-state index in [9.17, 15) is 4.39 Å². The van der Waals surface area contributed by atoms with E-state index in [2.05, 4.69) is 39.4 Å². The number of guanidine groups is 1. The van der Waals surface area contributed by atoms with Gasteiger partial charge in [0.1, 0.15) is 11.6 Å². The van der Waals surface area contributed by atoms with Crippen molar-refractivity contribution in [2.45, 2.75) is 52.2 Å². The Labute approximate surface area is 166 Å². The van der Waals surface area contributed by atoms with Crippen molar-refractivity contribution in [2.24, 2.45) is 4.99 Å². The number of aryl methyl sites for hydroxylation is 1. The summed E-state index contributed by atoms with van der Waals surface area (Å²) >= 11 is 0. The smallest absolute Gasteiger partial charge is 0.191 e. The van der Waals surface area contributed by atoms with E-state index in [1.165, 1.54) is 0 Å². The highest BCUT2D eigenvalue weighted by molar-refractivity contribution is 5.79. The topological polar surface area (TPSA) is 57.5 Å². The van der Waals surface area contributed by atoms with E-state index >= 15 is 0 Å². The molecule has 0 aliphatic carbocycles. The van der Waals surface area contributed by atoms with Gasteiger partial charge in [0, 0.05) is 51.2 Å². The molecule has 0 bridgehead atoms. The summed E-state index contributed by atoms with van der Waals surface area (Å²) in [6, 6.07) is 6.31. The molecule has 1 fully saturated rings. The largest absolute Gasteiger partial charge is 0.354 e. The SMILES string of the molecule is CN=C(NCc1ccc(-n2ccnc2C)c(F)c1)NC1CCN(C(C)C)CC1. The molecule has 2 heterocycles. The van der Waals surface area contributed by atoms with Gasteiger partial charge in [-0.3, -0.25) is 4.99 Å². The lowest BCUT2D eigenvalue weighted by Gasteiger charge is -2.35. The van der Waals surface area contributed by atoms with Crippen molar-refractivity contribution in [2.75, 3.05) is 20.1 Å². The molecule has 152 valence electrons. The third kappa shape index (κ3) is 4.90. The fraction of sp³-hybridized carbons (Fsp3) is 0.524. The summed E-state index contributed by atoms with van der Waals surface area (Å²) in [5, 5.41) is 6.80. The van der Waals surface area contributed by atoms with Crippen LogP contribution in [-0.2, 0) is 6.54 Å². The zero-order valence-corrected chi connectivity index (χ0v) is 17.2.